The second-order valence-electron chi connectivity index (χ2n) is 7.43. The molecule has 4 atom stereocenters. The lowest BCUT2D eigenvalue weighted by molar-refractivity contribution is 0.121. The zero-order valence-corrected chi connectivity index (χ0v) is 15.1. The predicted octanol–water partition coefficient (Wildman–Crippen LogP) is 4.79. The van der Waals surface area contributed by atoms with Crippen LogP contribution in [0.15, 0.2) is 5.11 Å². The number of ether oxygens (including phenoxy) is 1. The second kappa shape index (κ2) is 6.29. The maximum Gasteiger partial charge on any atom is 0.200 e. The van der Waals surface area contributed by atoms with Gasteiger partial charge in [0.25, 0.3) is 0 Å². The van der Waals surface area contributed by atoms with Gasteiger partial charge in [-0.05, 0) is 28.6 Å². The average Bonchev–Trinajstić information content (AvgIpc) is 3.12. The molecule has 1 saturated heterocycles. The molecule has 0 amide bonds. The lowest BCUT2D eigenvalue weighted by atomic mass is 9.93. The van der Waals surface area contributed by atoms with E-state index in [1.54, 1.807) is 0 Å². The number of hydrogen-bond acceptors (Lipinski definition) is 3. The van der Waals surface area contributed by atoms with Crippen LogP contribution in [-0.4, -0.2) is 32.7 Å². The predicted molar refractivity (Wildman–Crippen MR) is 86.8 cm³/mol. The van der Waals surface area contributed by atoms with E-state index in [4.69, 9.17) is 14.7 Å². The zero-order chi connectivity index (χ0) is 15.8. The van der Waals surface area contributed by atoms with E-state index < -0.39 is 8.32 Å². The molecular weight excluding hydrogens is 282 g/mol. The molecule has 21 heavy (non-hydrogen) atoms. The normalized spacial score (nSPS) is 32.2. The zero-order valence-electron chi connectivity index (χ0n) is 14.1. The Balaban J connectivity index is 2.23. The molecule has 0 radical (unpaired) electrons. The SMILES string of the molecule is CC(C)[Si](O[C@H]1C[C@H]2O[C@H]2C[C@@H]1N=[N+]=[N-])(C(C)C)C(C)C. The Kier molecular flexibility index (Phi) is 5.03. The van der Waals surface area contributed by atoms with Crippen molar-refractivity contribution in [3.05, 3.63) is 10.4 Å². The highest BCUT2D eigenvalue weighted by atomic mass is 28.4. The van der Waals surface area contributed by atoms with Crippen molar-refractivity contribution in [1.29, 1.82) is 0 Å². The highest BCUT2D eigenvalue weighted by Crippen LogP contribution is 2.47. The molecule has 6 heteroatoms. The summed E-state index contributed by atoms with van der Waals surface area (Å²) in [4.78, 5) is 3.03. The minimum Gasteiger partial charge on any atom is -0.413 e. The van der Waals surface area contributed by atoms with E-state index in [1.165, 1.54) is 0 Å². The maximum absolute atomic E-state index is 8.84. The molecule has 2 aliphatic rings. The Morgan fingerprint density at radius 1 is 1.05 bits per heavy atom. The van der Waals surface area contributed by atoms with Gasteiger partial charge in [-0.2, -0.15) is 0 Å². The van der Waals surface area contributed by atoms with Gasteiger partial charge in [0.05, 0.1) is 24.4 Å². The van der Waals surface area contributed by atoms with Crippen LogP contribution in [0, 0.1) is 0 Å². The van der Waals surface area contributed by atoms with E-state index >= 15 is 0 Å². The molecule has 0 aromatic carbocycles. The van der Waals surface area contributed by atoms with Crippen molar-refractivity contribution in [2.24, 2.45) is 5.11 Å². The first-order valence-corrected chi connectivity index (χ1v) is 10.3. The van der Waals surface area contributed by atoms with Crippen LogP contribution < -0.4 is 0 Å². The summed E-state index contributed by atoms with van der Waals surface area (Å²) in [6, 6.07) is -0.0677. The first-order chi connectivity index (χ1) is 9.82. The highest BCUT2D eigenvalue weighted by Gasteiger charge is 2.53. The van der Waals surface area contributed by atoms with E-state index in [0.29, 0.717) is 28.8 Å². The van der Waals surface area contributed by atoms with Crippen molar-refractivity contribution >= 4 is 8.32 Å². The van der Waals surface area contributed by atoms with Gasteiger partial charge in [-0.3, -0.25) is 0 Å². The molecule has 0 N–H and O–H groups in total. The summed E-state index contributed by atoms with van der Waals surface area (Å²) < 4.78 is 12.5. The van der Waals surface area contributed by atoms with E-state index in [1.807, 2.05) is 0 Å². The lowest BCUT2D eigenvalue weighted by Gasteiger charge is -2.46. The fourth-order valence-electron chi connectivity index (χ4n) is 4.35. The van der Waals surface area contributed by atoms with Crippen LogP contribution in [0.4, 0.5) is 0 Å². The van der Waals surface area contributed by atoms with Gasteiger partial charge < -0.3 is 9.16 Å². The van der Waals surface area contributed by atoms with Crippen LogP contribution in [-0.2, 0) is 9.16 Å². The topological polar surface area (TPSA) is 70.5 Å². The van der Waals surface area contributed by atoms with E-state index in [-0.39, 0.29) is 12.1 Å². The molecule has 0 unspecified atom stereocenters. The molecule has 1 saturated carbocycles. The molecule has 2 rings (SSSR count). The van der Waals surface area contributed by atoms with Crippen molar-refractivity contribution in [3.63, 3.8) is 0 Å². The van der Waals surface area contributed by atoms with Crippen LogP contribution in [0.1, 0.15) is 54.4 Å². The molecule has 0 aromatic rings. The lowest BCUT2D eigenvalue weighted by Crippen LogP contribution is -2.53. The molecular formula is C15H29N3O2Si. The summed E-state index contributed by atoms with van der Waals surface area (Å²) in [5.74, 6) is 0. The van der Waals surface area contributed by atoms with Crippen molar-refractivity contribution in [3.8, 4) is 0 Å². The number of epoxide rings is 1. The fraction of sp³-hybridized carbons (Fsp3) is 1.00. The van der Waals surface area contributed by atoms with Gasteiger partial charge in [0, 0.05) is 11.3 Å². The number of hydrogen-bond donors (Lipinski definition) is 0. The Bertz CT molecular complexity index is 399. The highest BCUT2D eigenvalue weighted by molar-refractivity contribution is 6.77. The largest absolute Gasteiger partial charge is 0.413 e. The third-order valence-electron chi connectivity index (χ3n) is 5.32. The third kappa shape index (κ3) is 3.14. The average molecular weight is 312 g/mol. The van der Waals surface area contributed by atoms with Crippen LogP contribution in [0.25, 0.3) is 10.4 Å². The van der Waals surface area contributed by atoms with Gasteiger partial charge in [0.1, 0.15) is 0 Å². The molecule has 1 aliphatic carbocycles. The molecule has 120 valence electrons. The molecule has 1 heterocycles. The van der Waals surface area contributed by atoms with Crippen molar-refractivity contribution in [2.45, 2.75) is 95.4 Å². The third-order valence-corrected chi connectivity index (χ3v) is 11.4. The summed E-state index contributed by atoms with van der Waals surface area (Å²) in [6.07, 6.45) is 2.36. The molecule has 1 aliphatic heterocycles. The summed E-state index contributed by atoms with van der Waals surface area (Å²) in [7, 11) is -1.94. The monoisotopic (exact) mass is 311 g/mol. The van der Waals surface area contributed by atoms with Crippen LogP contribution in [0.2, 0.25) is 16.6 Å². The first-order valence-electron chi connectivity index (χ1n) is 8.20. The Morgan fingerprint density at radius 2 is 1.57 bits per heavy atom. The van der Waals surface area contributed by atoms with Crippen molar-refractivity contribution < 1.29 is 9.16 Å². The van der Waals surface area contributed by atoms with E-state index in [9.17, 15) is 0 Å². The van der Waals surface area contributed by atoms with Gasteiger partial charge in [0.2, 0.25) is 8.32 Å². The van der Waals surface area contributed by atoms with Gasteiger partial charge in [-0.15, -0.1) is 0 Å². The standard InChI is InChI=1S/C15H29N3O2Si/c1-9(2)21(10(3)4,11(5)6)20-13-8-15-14(19-15)7-12(13)17-18-16/h9-15H,7-8H2,1-6H3/t12-,13-,14-,15+/m0/s1. The minimum atomic E-state index is -1.94. The van der Waals surface area contributed by atoms with Gasteiger partial charge in [0.15, 0.2) is 0 Å². The summed E-state index contributed by atoms with van der Waals surface area (Å²) in [5, 5.41) is 4.00. The molecule has 2 fully saturated rings. The maximum atomic E-state index is 8.84. The summed E-state index contributed by atoms with van der Waals surface area (Å²) >= 11 is 0. The Labute approximate surface area is 129 Å². The summed E-state index contributed by atoms with van der Waals surface area (Å²) in [6.45, 7) is 13.7. The molecule has 0 aromatic heterocycles. The molecule has 5 nitrogen and oxygen atoms in total. The van der Waals surface area contributed by atoms with Gasteiger partial charge in [-0.1, -0.05) is 46.7 Å². The van der Waals surface area contributed by atoms with Crippen molar-refractivity contribution in [2.75, 3.05) is 0 Å². The van der Waals surface area contributed by atoms with E-state index in [0.717, 1.165) is 12.8 Å². The smallest absolute Gasteiger partial charge is 0.200 e. The number of fused-ring (bicyclic) bond motifs is 1. The van der Waals surface area contributed by atoms with Crippen LogP contribution >= 0.6 is 0 Å². The van der Waals surface area contributed by atoms with Crippen molar-refractivity contribution in [1.82, 2.24) is 0 Å². The Hall–Kier alpha value is -0.553. The van der Waals surface area contributed by atoms with Crippen LogP contribution in [0.3, 0.4) is 0 Å². The number of nitrogens with zero attached hydrogens (tertiary/aromatic N) is 3. The van der Waals surface area contributed by atoms with Gasteiger partial charge in [-0.25, -0.2) is 0 Å². The molecule has 0 spiro atoms. The van der Waals surface area contributed by atoms with E-state index in [2.05, 4.69) is 51.6 Å². The first kappa shape index (κ1) is 16.8. The summed E-state index contributed by atoms with van der Waals surface area (Å²) in [5.41, 5.74) is 10.5. The second-order valence-corrected chi connectivity index (χ2v) is 12.8. The Morgan fingerprint density at radius 3 is 2.05 bits per heavy atom. The fourth-order valence-corrected chi connectivity index (χ4v) is 9.95. The van der Waals surface area contributed by atoms with Crippen LogP contribution in [0.5, 0.6) is 0 Å². The van der Waals surface area contributed by atoms with Gasteiger partial charge >= 0.3 is 0 Å². The quantitative estimate of drug-likeness (QED) is 0.233. The molecule has 0 bridgehead atoms. The number of rotatable bonds is 6. The minimum absolute atomic E-state index is 0.0310. The number of azide groups is 1.